The molecule has 33 heavy (non-hydrogen) atoms. The highest BCUT2D eigenvalue weighted by Crippen LogP contribution is 2.22. The van der Waals surface area contributed by atoms with E-state index in [0.29, 0.717) is 23.5 Å². The summed E-state index contributed by atoms with van der Waals surface area (Å²) >= 11 is 0. The zero-order chi connectivity index (χ0) is 24.4. The van der Waals surface area contributed by atoms with Crippen molar-refractivity contribution < 1.29 is 19.1 Å². The Balaban J connectivity index is 1.98. The average Bonchev–Trinajstić information content (AvgIpc) is 2.76. The number of nitrogens with zero attached hydrogens (tertiary/aromatic N) is 2. The molecule has 3 N–H and O–H groups in total. The van der Waals surface area contributed by atoms with Gasteiger partial charge in [-0.05, 0) is 58.1 Å². The lowest BCUT2D eigenvalue weighted by Crippen LogP contribution is -2.34. The van der Waals surface area contributed by atoms with Gasteiger partial charge in [0.1, 0.15) is 11.3 Å². The zero-order valence-electron chi connectivity index (χ0n) is 19.9. The summed E-state index contributed by atoms with van der Waals surface area (Å²) in [6.45, 7) is 12.6. The minimum absolute atomic E-state index is 0.141. The number of anilines is 2. The molecule has 2 rings (SSSR count). The second-order valence-electron chi connectivity index (χ2n) is 8.34. The van der Waals surface area contributed by atoms with E-state index in [0.717, 1.165) is 19.6 Å². The van der Waals surface area contributed by atoms with Gasteiger partial charge in [-0.25, -0.2) is 4.79 Å². The van der Waals surface area contributed by atoms with Crippen LogP contribution in [0.4, 0.5) is 16.2 Å². The molecule has 3 amide bonds. The molecule has 1 aromatic carbocycles. The van der Waals surface area contributed by atoms with Crippen LogP contribution < -0.4 is 16.0 Å². The Bertz CT molecular complexity index is 950. The van der Waals surface area contributed by atoms with Crippen LogP contribution in [0.1, 0.15) is 55.5 Å². The number of carbonyl (C=O) groups excluding carboxylic acids is 3. The van der Waals surface area contributed by atoms with E-state index in [1.807, 2.05) is 0 Å². The molecule has 0 saturated carbocycles. The van der Waals surface area contributed by atoms with Gasteiger partial charge in [-0.15, -0.1) is 0 Å². The van der Waals surface area contributed by atoms with Gasteiger partial charge in [0, 0.05) is 19.3 Å². The SMILES string of the molecule is CCN(CC)CCNC(=O)c1ccc(C(=O)Nc2ccccc2NC(=O)OC(C)(C)C)nc1. The average molecular weight is 456 g/mol. The Morgan fingerprint density at radius 1 is 0.939 bits per heavy atom. The number of nitrogens with one attached hydrogen (secondary N) is 3. The van der Waals surface area contributed by atoms with Gasteiger partial charge >= 0.3 is 6.09 Å². The van der Waals surface area contributed by atoms with Crippen LogP contribution in [0.3, 0.4) is 0 Å². The van der Waals surface area contributed by atoms with Crippen molar-refractivity contribution in [2.45, 2.75) is 40.2 Å². The van der Waals surface area contributed by atoms with Gasteiger partial charge in [-0.2, -0.15) is 0 Å². The molecule has 0 fully saturated rings. The molecule has 0 spiro atoms. The smallest absolute Gasteiger partial charge is 0.412 e. The number of benzene rings is 1. The number of ether oxygens (including phenoxy) is 1. The van der Waals surface area contributed by atoms with Crippen molar-refractivity contribution in [3.05, 3.63) is 53.9 Å². The number of hydrogen-bond donors (Lipinski definition) is 3. The predicted molar refractivity (Wildman–Crippen MR) is 129 cm³/mol. The molecule has 0 unspecified atom stereocenters. The van der Waals surface area contributed by atoms with Gasteiger partial charge in [0.05, 0.1) is 16.9 Å². The number of hydrogen-bond acceptors (Lipinski definition) is 6. The molecule has 2 aromatic rings. The quantitative estimate of drug-likeness (QED) is 0.531. The first-order valence-electron chi connectivity index (χ1n) is 11.0. The molecule has 0 bridgehead atoms. The molecule has 0 aliphatic carbocycles. The molecule has 9 heteroatoms. The van der Waals surface area contributed by atoms with Gasteiger partial charge < -0.3 is 20.3 Å². The molecule has 0 saturated heterocycles. The molecule has 0 aliphatic heterocycles. The predicted octanol–water partition coefficient (Wildman–Crippen LogP) is 3.75. The summed E-state index contributed by atoms with van der Waals surface area (Å²) in [6, 6.07) is 9.81. The van der Waals surface area contributed by atoms with Gasteiger partial charge in [0.15, 0.2) is 0 Å². The standard InChI is InChI=1S/C24H33N5O4/c1-6-29(7-2)15-14-25-21(30)17-12-13-20(26-16-17)22(31)27-18-10-8-9-11-19(18)28-23(32)33-24(3,4)5/h8-13,16H,6-7,14-15H2,1-5H3,(H,25,30)(H,27,31)(H,28,32). The minimum atomic E-state index is -0.647. The fraction of sp³-hybridized carbons (Fsp3) is 0.417. The molecular weight excluding hydrogens is 422 g/mol. The molecule has 178 valence electrons. The molecular formula is C24H33N5O4. The second kappa shape index (κ2) is 12.0. The Morgan fingerprint density at radius 3 is 2.12 bits per heavy atom. The highest BCUT2D eigenvalue weighted by molar-refractivity contribution is 6.06. The lowest BCUT2D eigenvalue weighted by molar-refractivity contribution is 0.0635. The Hall–Kier alpha value is -3.46. The maximum atomic E-state index is 12.7. The third kappa shape index (κ3) is 8.53. The van der Waals surface area contributed by atoms with Crippen LogP contribution in [-0.4, -0.2) is 59.6 Å². The van der Waals surface area contributed by atoms with Crippen LogP contribution in [0.15, 0.2) is 42.6 Å². The monoisotopic (exact) mass is 455 g/mol. The van der Waals surface area contributed by atoms with E-state index in [9.17, 15) is 14.4 Å². The topological polar surface area (TPSA) is 113 Å². The summed E-state index contributed by atoms with van der Waals surface area (Å²) in [4.78, 5) is 43.4. The van der Waals surface area contributed by atoms with Crippen LogP contribution in [-0.2, 0) is 4.74 Å². The van der Waals surface area contributed by atoms with Crippen molar-refractivity contribution in [1.82, 2.24) is 15.2 Å². The minimum Gasteiger partial charge on any atom is -0.444 e. The van der Waals surface area contributed by atoms with Crippen LogP contribution in [0.2, 0.25) is 0 Å². The normalized spacial score (nSPS) is 11.1. The summed E-state index contributed by atoms with van der Waals surface area (Å²) < 4.78 is 5.26. The van der Waals surface area contributed by atoms with E-state index in [-0.39, 0.29) is 11.6 Å². The third-order valence-electron chi connectivity index (χ3n) is 4.68. The number of aromatic nitrogens is 1. The first-order valence-corrected chi connectivity index (χ1v) is 11.0. The number of likely N-dealkylation sites (N-methyl/N-ethyl adjacent to an activating group) is 1. The van der Waals surface area contributed by atoms with Crippen LogP contribution >= 0.6 is 0 Å². The number of pyridine rings is 1. The summed E-state index contributed by atoms with van der Waals surface area (Å²) in [7, 11) is 0. The second-order valence-corrected chi connectivity index (χ2v) is 8.34. The van der Waals surface area contributed by atoms with Gasteiger partial charge in [-0.1, -0.05) is 26.0 Å². The maximum absolute atomic E-state index is 12.7. The van der Waals surface area contributed by atoms with Gasteiger partial charge in [-0.3, -0.25) is 19.9 Å². The van der Waals surface area contributed by atoms with E-state index in [2.05, 4.69) is 39.7 Å². The van der Waals surface area contributed by atoms with Gasteiger partial charge in [0.25, 0.3) is 11.8 Å². The summed E-state index contributed by atoms with van der Waals surface area (Å²) in [5.74, 6) is -0.713. The Kier molecular flexibility index (Phi) is 9.35. The highest BCUT2D eigenvalue weighted by atomic mass is 16.6. The van der Waals surface area contributed by atoms with E-state index in [4.69, 9.17) is 4.74 Å². The molecule has 1 heterocycles. The Labute approximate surface area is 194 Å². The summed E-state index contributed by atoms with van der Waals surface area (Å²) in [5.41, 5.74) is 0.656. The van der Waals surface area contributed by atoms with E-state index in [1.165, 1.54) is 12.3 Å². The van der Waals surface area contributed by atoms with Gasteiger partial charge in [0.2, 0.25) is 0 Å². The van der Waals surface area contributed by atoms with Crippen molar-refractivity contribution >= 4 is 29.3 Å². The number of para-hydroxylation sites is 2. The zero-order valence-corrected chi connectivity index (χ0v) is 19.9. The first kappa shape index (κ1) is 25.8. The third-order valence-corrected chi connectivity index (χ3v) is 4.68. The summed E-state index contributed by atoms with van der Waals surface area (Å²) in [6.07, 6.45) is 0.741. The fourth-order valence-electron chi connectivity index (χ4n) is 2.93. The van der Waals surface area contributed by atoms with Crippen LogP contribution in [0.5, 0.6) is 0 Å². The molecule has 0 atom stereocenters. The van der Waals surface area contributed by atoms with E-state index >= 15 is 0 Å². The van der Waals surface area contributed by atoms with Crippen LogP contribution in [0, 0.1) is 0 Å². The van der Waals surface area contributed by atoms with Crippen molar-refractivity contribution in [1.29, 1.82) is 0 Å². The maximum Gasteiger partial charge on any atom is 0.412 e. The lowest BCUT2D eigenvalue weighted by Gasteiger charge is -2.20. The van der Waals surface area contributed by atoms with Crippen LogP contribution in [0.25, 0.3) is 0 Å². The lowest BCUT2D eigenvalue weighted by atomic mass is 10.2. The first-order chi connectivity index (χ1) is 15.6. The fourth-order valence-corrected chi connectivity index (χ4v) is 2.93. The number of amides is 3. The number of carbonyl (C=O) groups is 3. The summed E-state index contributed by atoms with van der Waals surface area (Å²) in [5, 5.41) is 8.21. The van der Waals surface area contributed by atoms with Crippen molar-refractivity contribution in [2.75, 3.05) is 36.8 Å². The highest BCUT2D eigenvalue weighted by Gasteiger charge is 2.18. The largest absolute Gasteiger partial charge is 0.444 e. The number of rotatable bonds is 9. The van der Waals surface area contributed by atoms with Crippen molar-refractivity contribution in [3.63, 3.8) is 0 Å². The molecule has 9 nitrogen and oxygen atoms in total. The molecule has 0 radical (unpaired) electrons. The van der Waals surface area contributed by atoms with Crippen molar-refractivity contribution in [3.8, 4) is 0 Å². The molecule has 1 aromatic heterocycles. The van der Waals surface area contributed by atoms with E-state index < -0.39 is 17.6 Å². The van der Waals surface area contributed by atoms with E-state index in [1.54, 1.807) is 51.1 Å². The molecule has 0 aliphatic rings. The van der Waals surface area contributed by atoms with Crippen molar-refractivity contribution in [2.24, 2.45) is 0 Å². The Morgan fingerprint density at radius 2 is 1.58 bits per heavy atom.